The minimum atomic E-state index is -0.571. The number of rotatable bonds is 5. The lowest BCUT2D eigenvalue weighted by Crippen LogP contribution is -2.43. The van der Waals surface area contributed by atoms with Crippen LogP contribution in [-0.4, -0.2) is 34.2 Å². The molecule has 2 N–H and O–H groups in total. The molecule has 0 aliphatic carbocycles. The molecular formula is C30H29FN4O2S. The monoisotopic (exact) mass is 528 g/mol. The number of fused-ring (bicyclic) bond motifs is 1. The summed E-state index contributed by atoms with van der Waals surface area (Å²) in [5, 5.41) is 6.78. The summed E-state index contributed by atoms with van der Waals surface area (Å²) in [5.74, 6) is -0.284. The second kappa shape index (κ2) is 10.8. The van der Waals surface area contributed by atoms with Crippen molar-refractivity contribution in [2.45, 2.75) is 33.2 Å². The molecule has 2 aliphatic heterocycles. The highest BCUT2D eigenvalue weighted by molar-refractivity contribution is 8.13. The van der Waals surface area contributed by atoms with Crippen LogP contribution >= 0.6 is 11.8 Å². The zero-order chi connectivity index (χ0) is 26.8. The van der Waals surface area contributed by atoms with Gasteiger partial charge in [0.15, 0.2) is 5.17 Å². The molecular weight excluding hydrogens is 499 g/mol. The Kier molecular flexibility index (Phi) is 7.33. The summed E-state index contributed by atoms with van der Waals surface area (Å²) >= 11 is 1.70. The number of thioether (sulfide) groups is 1. The first kappa shape index (κ1) is 25.7. The Hall–Kier alpha value is -3.91. The first-order chi connectivity index (χ1) is 18.3. The number of aryl methyl sites for hydroxylation is 2. The van der Waals surface area contributed by atoms with E-state index in [1.54, 1.807) is 36.0 Å². The van der Waals surface area contributed by atoms with Gasteiger partial charge in [-0.1, -0.05) is 53.7 Å². The lowest BCUT2D eigenvalue weighted by Gasteiger charge is -2.41. The number of anilines is 2. The SMILES string of the molecule is CC1=C(C(=O)Nc2ccc(C)cc2C)C(c2ccc(NC(=O)c3ccccc3F)cc2)N2CCCSC2=N1. The number of halogens is 1. The number of allylic oxidation sites excluding steroid dienone is 1. The molecule has 1 fully saturated rings. The average Bonchev–Trinajstić information content (AvgIpc) is 2.90. The molecule has 0 bridgehead atoms. The second-order valence-corrected chi connectivity index (χ2v) is 10.6. The van der Waals surface area contributed by atoms with Crippen molar-refractivity contribution in [3.63, 3.8) is 0 Å². The number of carbonyl (C=O) groups excluding carboxylic acids is 2. The smallest absolute Gasteiger partial charge is 0.258 e. The summed E-state index contributed by atoms with van der Waals surface area (Å²) in [6, 6.07) is 18.9. The van der Waals surface area contributed by atoms with Gasteiger partial charge in [0.25, 0.3) is 11.8 Å². The fraction of sp³-hybridized carbons (Fsp3) is 0.233. The second-order valence-electron chi connectivity index (χ2n) is 9.52. The average molecular weight is 529 g/mol. The first-order valence-corrected chi connectivity index (χ1v) is 13.5. The number of hydrogen-bond donors (Lipinski definition) is 2. The van der Waals surface area contributed by atoms with Crippen molar-refractivity contribution in [3.8, 4) is 0 Å². The standard InChI is InChI=1S/C30H29FN4O2S/c1-18-9-14-25(19(2)17-18)34-29(37)26-20(3)32-30-35(15-6-16-38-30)27(26)21-10-12-22(13-11-21)33-28(36)23-7-4-5-8-24(23)31/h4-5,7-14,17,27H,6,15-16H2,1-3H3,(H,33,36)(H,34,37). The zero-order valence-corrected chi connectivity index (χ0v) is 22.4. The van der Waals surface area contributed by atoms with Crippen LogP contribution in [0.5, 0.6) is 0 Å². The van der Waals surface area contributed by atoms with Gasteiger partial charge in [-0.3, -0.25) is 9.59 Å². The van der Waals surface area contributed by atoms with Crippen LogP contribution in [0.4, 0.5) is 15.8 Å². The number of amides is 2. The van der Waals surface area contributed by atoms with Crippen molar-refractivity contribution in [1.29, 1.82) is 0 Å². The lowest BCUT2D eigenvalue weighted by molar-refractivity contribution is -0.113. The van der Waals surface area contributed by atoms with E-state index >= 15 is 0 Å². The van der Waals surface area contributed by atoms with Crippen LogP contribution in [0.25, 0.3) is 0 Å². The Labute approximate surface area is 226 Å². The van der Waals surface area contributed by atoms with Gasteiger partial charge in [-0.05, 0) is 68.7 Å². The van der Waals surface area contributed by atoms with E-state index in [0.29, 0.717) is 17.0 Å². The number of aliphatic imine (C=N–C) groups is 1. The summed E-state index contributed by atoms with van der Waals surface area (Å²) in [5.41, 5.74) is 5.63. The predicted molar refractivity (Wildman–Crippen MR) is 152 cm³/mol. The Morgan fingerprint density at radius 3 is 2.47 bits per heavy atom. The first-order valence-electron chi connectivity index (χ1n) is 12.5. The van der Waals surface area contributed by atoms with Gasteiger partial charge in [0.05, 0.1) is 22.9 Å². The highest BCUT2D eigenvalue weighted by Crippen LogP contribution is 2.40. The van der Waals surface area contributed by atoms with Crippen molar-refractivity contribution in [2.75, 3.05) is 22.9 Å². The van der Waals surface area contributed by atoms with E-state index in [1.165, 1.54) is 12.1 Å². The minimum absolute atomic E-state index is 0.0148. The summed E-state index contributed by atoms with van der Waals surface area (Å²) in [4.78, 5) is 33.3. The van der Waals surface area contributed by atoms with Gasteiger partial charge in [0.1, 0.15) is 5.82 Å². The summed E-state index contributed by atoms with van der Waals surface area (Å²) < 4.78 is 14.0. The summed E-state index contributed by atoms with van der Waals surface area (Å²) in [7, 11) is 0. The third-order valence-corrected chi connectivity index (χ3v) is 7.81. The highest BCUT2D eigenvalue weighted by atomic mass is 32.2. The molecule has 2 heterocycles. The molecule has 0 spiro atoms. The zero-order valence-electron chi connectivity index (χ0n) is 21.5. The maximum absolute atomic E-state index is 14.0. The van der Waals surface area contributed by atoms with Crippen LogP contribution < -0.4 is 10.6 Å². The molecule has 1 saturated heterocycles. The molecule has 0 radical (unpaired) electrons. The van der Waals surface area contributed by atoms with Gasteiger partial charge < -0.3 is 15.5 Å². The largest absolute Gasteiger partial charge is 0.340 e. The molecule has 6 nitrogen and oxygen atoms in total. The molecule has 3 aromatic rings. The van der Waals surface area contributed by atoms with Gasteiger partial charge in [-0.25, -0.2) is 9.38 Å². The quantitative estimate of drug-likeness (QED) is 0.399. The Balaban J connectivity index is 1.44. The number of nitrogens with zero attached hydrogens (tertiary/aromatic N) is 2. The predicted octanol–water partition coefficient (Wildman–Crippen LogP) is 6.46. The third kappa shape index (κ3) is 5.22. The van der Waals surface area contributed by atoms with Crippen LogP contribution in [0.1, 0.15) is 46.4 Å². The van der Waals surface area contributed by atoms with Crippen LogP contribution in [0.2, 0.25) is 0 Å². The van der Waals surface area contributed by atoms with Gasteiger partial charge in [0.2, 0.25) is 0 Å². The number of nitrogens with one attached hydrogen (secondary N) is 2. The number of benzene rings is 3. The fourth-order valence-electron chi connectivity index (χ4n) is 4.84. The molecule has 8 heteroatoms. The number of amidine groups is 1. The summed E-state index contributed by atoms with van der Waals surface area (Å²) in [6.07, 6.45) is 0.988. The molecule has 2 aliphatic rings. The Morgan fingerprint density at radius 1 is 0.974 bits per heavy atom. The maximum atomic E-state index is 14.0. The van der Waals surface area contributed by atoms with Crippen LogP contribution in [0.3, 0.4) is 0 Å². The molecule has 0 saturated carbocycles. The maximum Gasteiger partial charge on any atom is 0.258 e. The van der Waals surface area contributed by atoms with Gasteiger partial charge in [-0.15, -0.1) is 0 Å². The Morgan fingerprint density at radius 2 is 1.74 bits per heavy atom. The van der Waals surface area contributed by atoms with E-state index in [4.69, 9.17) is 4.99 Å². The van der Waals surface area contributed by atoms with Crippen LogP contribution in [-0.2, 0) is 4.79 Å². The van der Waals surface area contributed by atoms with E-state index in [0.717, 1.165) is 46.3 Å². The number of carbonyl (C=O) groups is 2. The van der Waals surface area contributed by atoms with E-state index in [1.807, 2.05) is 51.1 Å². The molecule has 3 aromatic carbocycles. The van der Waals surface area contributed by atoms with Gasteiger partial charge >= 0.3 is 0 Å². The topological polar surface area (TPSA) is 73.8 Å². The van der Waals surface area contributed by atoms with Crippen molar-refractivity contribution >= 4 is 40.1 Å². The van der Waals surface area contributed by atoms with Crippen molar-refractivity contribution in [1.82, 2.24) is 4.90 Å². The van der Waals surface area contributed by atoms with Crippen LogP contribution in [0.15, 0.2) is 83.0 Å². The third-order valence-electron chi connectivity index (χ3n) is 6.74. The highest BCUT2D eigenvalue weighted by Gasteiger charge is 2.37. The van der Waals surface area contributed by atoms with Crippen molar-refractivity contribution in [3.05, 3.63) is 106 Å². The fourth-order valence-corrected chi connectivity index (χ4v) is 5.86. The van der Waals surface area contributed by atoms with E-state index in [-0.39, 0.29) is 17.5 Å². The van der Waals surface area contributed by atoms with Crippen LogP contribution in [0, 0.1) is 19.7 Å². The van der Waals surface area contributed by atoms with Crippen molar-refractivity contribution in [2.24, 2.45) is 4.99 Å². The molecule has 2 amide bonds. The molecule has 5 rings (SSSR count). The molecule has 1 atom stereocenters. The van der Waals surface area contributed by atoms with E-state index in [9.17, 15) is 14.0 Å². The molecule has 0 aromatic heterocycles. The van der Waals surface area contributed by atoms with Crippen molar-refractivity contribution < 1.29 is 14.0 Å². The van der Waals surface area contributed by atoms with Gasteiger partial charge in [0, 0.05) is 23.7 Å². The lowest BCUT2D eigenvalue weighted by atomic mass is 9.93. The Bertz CT molecular complexity index is 1470. The molecule has 194 valence electrons. The van der Waals surface area contributed by atoms with E-state index in [2.05, 4.69) is 15.5 Å². The molecule has 38 heavy (non-hydrogen) atoms. The van der Waals surface area contributed by atoms with E-state index < -0.39 is 11.7 Å². The summed E-state index contributed by atoms with van der Waals surface area (Å²) in [6.45, 7) is 6.67. The normalized spacial score (nSPS) is 17.0. The molecule has 1 unspecified atom stereocenters. The number of hydrogen-bond acceptors (Lipinski definition) is 5. The van der Waals surface area contributed by atoms with Gasteiger partial charge in [-0.2, -0.15) is 0 Å². The minimum Gasteiger partial charge on any atom is -0.340 e.